The maximum atomic E-state index is 12.5. The van der Waals surface area contributed by atoms with Gasteiger partial charge in [-0.15, -0.1) is 0 Å². The lowest BCUT2D eigenvalue weighted by Gasteiger charge is -2.14. The van der Waals surface area contributed by atoms with Crippen molar-refractivity contribution in [2.75, 3.05) is 0 Å². The zero-order valence-electron chi connectivity index (χ0n) is 9.17. The number of hydrazine groups is 1. The van der Waals surface area contributed by atoms with E-state index in [1.54, 1.807) is 11.7 Å². The smallest absolute Gasteiger partial charge is 0.255 e. The number of hydrogen-bond donors (Lipinski definition) is 2. The van der Waals surface area contributed by atoms with Crippen molar-refractivity contribution in [3.8, 4) is 0 Å². The molecule has 0 fully saturated rings. The van der Waals surface area contributed by atoms with Gasteiger partial charge < -0.3 is 0 Å². The number of alkyl halides is 2. The molecule has 1 aromatic rings. The number of nitrogens with one attached hydrogen (secondary N) is 1. The Kier molecular flexibility index (Phi) is 4.82. The van der Waals surface area contributed by atoms with E-state index in [0.717, 1.165) is 22.3 Å². The van der Waals surface area contributed by atoms with Crippen LogP contribution >= 0.6 is 15.9 Å². The summed E-state index contributed by atoms with van der Waals surface area (Å²) in [7, 11) is 1.73. The molecule has 4 nitrogen and oxygen atoms in total. The van der Waals surface area contributed by atoms with Crippen molar-refractivity contribution in [3.63, 3.8) is 0 Å². The standard InChI is InChI=1S/C9H15BrF2N4/c1-3-5-8(10)7(16(2)15-5)4-6(14-13)9(11)12/h6,9,14H,3-4,13H2,1-2H3. The third kappa shape index (κ3) is 2.78. The second-order valence-electron chi connectivity index (χ2n) is 3.50. The molecule has 0 amide bonds. The van der Waals surface area contributed by atoms with Gasteiger partial charge in [0.05, 0.1) is 21.9 Å². The van der Waals surface area contributed by atoms with Gasteiger partial charge in [0.1, 0.15) is 0 Å². The Morgan fingerprint density at radius 3 is 2.56 bits per heavy atom. The summed E-state index contributed by atoms with van der Waals surface area (Å²) in [5.41, 5.74) is 3.71. The number of rotatable bonds is 5. The first-order valence-electron chi connectivity index (χ1n) is 4.95. The van der Waals surface area contributed by atoms with Crippen LogP contribution < -0.4 is 11.3 Å². The van der Waals surface area contributed by atoms with Crippen molar-refractivity contribution in [2.24, 2.45) is 12.9 Å². The van der Waals surface area contributed by atoms with E-state index in [0.29, 0.717) is 0 Å². The van der Waals surface area contributed by atoms with Gasteiger partial charge in [-0.25, -0.2) is 8.78 Å². The van der Waals surface area contributed by atoms with E-state index in [1.165, 1.54) is 0 Å². The number of nitrogens with zero attached hydrogens (tertiary/aromatic N) is 2. The molecule has 0 aliphatic carbocycles. The molecule has 16 heavy (non-hydrogen) atoms. The fourth-order valence-electron chi connectivity index (χ4n) is 1.47. The Hall–Kier alpha value is -0.530. The topological polar surface area (TPSA) is 55.9 Å². The first kappa shape index (κ1) is 13.5. The first-order chi connectivity index (χ1) is 7.51. The Labute approximate surface area is 101 Å². The van der Waals surface area contributed by atoms with Crippen LogP contribution in [0.15, 0.2) is 4.47 Å². The van der Waals surface area contributed by atoms with Gasteiger partial charge in [0.15, 0.2) is 0 Å². The molecule has 7 heteroatoms. The van der Waals surface area contributed by atoms with E-state index in [1.807, 2.05) is 6.92 Å². The molecule has 1 heterocycles. The van der Waals surface area contributed by atoms with Crippen LogP contribution in [0.25, 0.3) is 0 Å². The van der Waals surface area contributed by atoms with Crippen molar-refractivity contribution in [1.29, 1.82) is 0 Å². The molecule has 3 N–H and O–H groups in total. The summed E-state index contributed by atoms with van der Waals surface area (Å²) >= 11 is 3.37. The maximum Gasteiger partial charge on any atom is 0.255 e. The summed E-state index contributed by atoms with van der Waals surface area (Å²) in [5, 5.41) is 4.23. The van der Waals surface area contributed by atoms with Crippen LogP contribution in [0, 0.1) is 0 Å². The van der Waals surface area contributed by atoms with E-state index in [9.17, 15) is 8.78 Å². The largest absolute Gasteiger partial charge is 0.271 e. The summed E-state index contributed by atoms with van der Waals surface area (Å²) in [6.45, 7) is 1.96. The molecule has 0 bridgehead atoms. The Morgan fingerprint density at radius 2 is 2.19 bits per heavy atom. The molecule has 0 spiro atoms. The predicted octanol–water partition coefficient (Wildman–Crippen LogP) is 1.38. The highest BCUT2D eigenvalue weighted by Gasteiger charge is 2.23. The van der Waals surface area contributed by atoms with Gasteiger partial charge in [-0.2, -0.15) is 5.10 Å². The zero-order valence-corrected chi connectivity index (χ0v) is 10.8. The molecule has 0 saturated carbocycles. The summed E-state index contributed by atoms with van der Waals surface area (Å²) in [5.74, 6) is 5.09. The van der Waals surface area contributed by atoms with Crippen molar-refractivity contribution in [3.05, 3.63) is 15.9 Å². The zero-order chi connectivity index (χ0) is 12.3. The molecule has 1 aromatic heterocycles. The van der Waals surface area contributed by atoms with Crippen LogP contribution in [0.2, 0.25) is 0 Å². The number of aromatic nitrogens is 2. The van der Waals surface area contributed by atoms with Crippen molar-refractivity contribution < 1.29 is 8.78 Å². The molecule has 92 valence electrons. The monoisotopic (exact) mass is 296 g/mol. The van der Waals surface area contributed by atoms with Crippen molar-refractivity contribution >= 4 is 15.9 Å². The second kappa shape index (κ2) is 5.70. The van der Waals surface area contributed by atoms with Gasteiger partial charge in [0.2, 0.25) is 0 Å². The van der Waals surface area contributed by atoms with Gasteiger partial charge in [-0.3, -0.25) is 16.0 Å². The molecular weight excluding hydrogens is 282 g/mol. The number of halogens is 3. The van der Waals surface area contributed by atoms with E-state index < -0.39 is 12.5 Å². The van der Waals surface area contributed by atoms with Gasteiger partial charge in [0.25, 0.3) is 6.43 Å². The number of aryl methyl sites for hydroxylation is 2. The van der Waals surface area contributed by atoms with Gasteiger partial charge in [0, 0.05) is 13.5 Å². The van der Waals surface area contributed by atoms with Crippen LogP contribution in [0.1, 0.15) is 18.3 Å². The molecule has 1 atom stereocenters. The van der Waals surface area contributed by atoms with Crippen molar-refractivity contribution in [2.45, 2.75) is 32.2 Å². The summed E-state index contributed by atoms with van der Waals surface area (Å²) < 4.78 is 27.5. The molecule has 0 aliphatic heterocycles. The van der Waals surface area contributed by atoms with Crippen LogP contribution in [0.3, 0.4) is 0 Å². The average molecular weight is 297 g/mol. The van der Waals surface area contributed by atoms with Gasteiger partial charge >= 0.3 is 0 Å². The lowest BCUT2D eigenvalue weighted by Crippen LogP contribution is -2.42. The Bertz CT molecular complexity index is 354. The highest BCUT2D eigenvalue weighted by molar-refractivity contribution is 9.10. The van der Waals surface area contributed by atoms with Crippen LogP contribution in [0.5, 0.6) is 0 Å². The lowest BCUT2D eigenvalue weighted by molar-refractivity contribution is 0.0975. The summed E-state index contributed by atoms with van der Waals surface area (Å²) in [6.07, 6.45) is -1.61. The molecule has 0 aromatic carbocycles. The maximum absolute atomic E-state index is 12.5. The van der Waals surface area contributed by atoms with E-state index in [-0.39, 0.29) is 6.42 Å². The van der Waals surface area contributed by atoms with Crippen LogP contribution in [-0.4, -0.2) is 22.2 Å². The molecular formula is C9H15BrF2N4. The summed E-state index contributed by atoms with van der Waals surface area (Å²) in [6, 6.07) is -1.06. The van der Waals surface area contributed by atoms with Gasteiger partial charge in [-0.05, 0) is 22.4 Å². The minimum absolute atomic E-state index is 0.137. The summed E-state index contributed by atoms with van der Waals surface area (Å²) in [4.78, 5) is 0. The minimum Gasteiger partial charge on any atom is -0.271 e. The molecule has 0 radical (unpaired) electrons. The van der Waals surface area contributed by atoms with E-state index in [2.05, 4.69) is 26.5 Å². The lowest BCUT2D eigenvalue weighted by atomic mass is 10.1. The molecule has 1 unspecified atom stereocenters. The van der Waals surface area contributed by atoms with E-state index >= 15 is 0 Å². The molecule has 0 saturated heterocycles. The molecule has 1 rings (SSSR count). The first-order valence-corrected chi connectivity index (χ1v) is 5.75. The van der Waals surface area contributed by atoms with Crippen LogP contribution in [-0.2, 0) is 19.9 Å². The van der Waals surface area contributed by atoms with E-state index in [4.69, 9.17) is 5.84 Å². The fourth-order valence-corrected chi connectivity index (χ4v) is 2.25. The SMILES string of the molecule is CCc1nn(C)c(CC(NN)C(F)F)c1Br. The predicted molar refractivity (Wildman–Crippen MR) is 61.1 cm³/mol. The quantitative estimate of drug-likeness (QED) is 0.638. The average Bonchev–Trinajstić information content (AvgIpc) is 2.51. The number of hydrogen-bond acceptors (Lipinski definition) is 3. The van der Waals surface area contributed by atoms with Gasteiger partial charge in [-0.1, -0.05) is 6.92 Å². The highest BCUT2D eigenvalue weighted by Crippen LogP contribution is 2.23. The number of nitrogens with two attached hydrogens (primary N) is 1. The third-order valence-electron chi connectivity index (χ3n) is 2.43. The Morgan fingerprint density at radius 1 is 1.56 bits per heavy atom. The minimum atomic E-state index is -2.50. The highest BCUT2D eigenvalue weighted by atomic mass is 79.9. The van der Waals surface area contributed by atoms with Crippen molar-refractivity contribution in [1.82, 2.24) is 15.2 Å². The third-order valence-corrected chi connectivity index (χ3v) is 3.35. The molecule has 0 aliphatic rings. The fraction of sp³-hybridized carbons (Fsp3) is 0.667. The Balaban J connectivity index is 2.91. The normalized spacial score (nSPS) is 13.4. The second-order valence-corrected chi connectivity index (χ2v) is 4.29. The van der Waals surface area contributed by atoms with Crippen LogP contribution in [0.4, 0.5) is 8.78 Å².